The Bertz CT molecular complexity index is 1160. The Labute approximate surface area is 165 Å². The van der Waals surface area contributed by atoms with E-state index in [1.807, 2.05) is 40.9 Å². The molecule has 28 heavy (non-hydrogen) atoms. The standard InChI is InChI=1S/C20H17ClFN5O/c21-13-7-9-27-18(10-13)25-26-20(27)15-5-4-12-2-1-3-17(19(12)24-15)28-16-6-8-23-11-14(16)22/h1-5,7,9-10,14,16,23H,6,8,11H2/t14-,16+/m1/s1. The molecule has 1 saturated heterocycles. The second-order valence-electron chi connectivity index (χ2n) is 6.79. The third kappa shape index (κ3) is 3.06. The van der Waals surface area contributed by atoms with Gasteiger partial charge in [0, 0.05) is 29.2 Å². The largest absolute Gasteiger partial charge is 0.485 e. The van der Waals surface area contributed by atoms with E-state index in [9.17, 15) is 4.39 Å². The van der Waals surface area contributed by atoms with Crippen molar-refractivity contribution < 1.29 is 9.13 Å². The minimum absolute atomic E-state index is 0.308. The molecule has 2 atom stereocenters. The van der Waals surface area contributed by atoms with E-state index in [0.29, 0.717) is 46.4 Å². The molecule has 6 nitrogen and oxygen atoms in total. The number of fused-ring (bicyclic) bond motifs is 2. The fourth-order valence-corrected chi connectivity index (χ4v) is 3.63. The number of para-hydroxylation sites is 1. The van der Waals surface area contributed by atoms with E-state index in [-0.39, 0.29) is 0 Å². The van der Waals surface area contributed by atoms with Crippen molar-refractivity contribution in [3.63, 3.8) is 0 Å². The van der Waals surface area contributed by atoms with Crippen LogP contribution < -0.4 is 10.1 Å². The van der Waals surface area contributed by atoms with Gasteiger partial charge in [0.2, 0.25) is 0 Å². The molecule has 1 fully saturated rings. The maximum atomic E-state index is 14.2. The number of aromatic nitrogens is 4. The molecular formula is C20H17ClFN5O. The zero-order valence-corrected chi connectivity index (χ0v) is 15.6. The van der Waals surface area contributed by atoms with Crippen molar-refractivity contribution in [2.75, 3.05) is 13.1 Å². The number of hydrogen-bond acceptors (Lipinski definition) is 5. The summed E-state index contributed by atoms with van der Waals surface area (Å²) in [6.07, 6.45) is 0.905. The minimum Gasteiger partial charge on any atom is -0.485 e. The van der Waals surface area contributed by atoms with E-state index in [4.69, 9.17) is 21.3 Å². The molecule has 3 aromatic heterocycles. The summed E-state index contributed by atoms with van der Waals surface area (Å²) in [7, 11) is 0. The molecule has 0 saturated carbocycles. The Hall–Kier alpha value is -2.77. The van der Waals surface area contributed by atoms with Crippen LogP contribution in [-0.2, 0) is 0 Å². The molecule has 0 spiro atoms. The monoisotopic (exact) mass is 397 g/mol. The lowest BCUT2D eigenvalue weighted by Crippen LogP contribution is -2.44. The molecule has 0 bridgehead atoms. The number of alkyl halides is 1. The van der Waals surface area contributed by atoms with E-state index < -0.39 is 12.3 Å². The van der Waals surface area contributed by atoms with E-state index >= 15 is 0 Å². The molecule has 8 heteroatoms. The molecule has 142 valence electrons. The van der Waals surface area contributed by atoms with Crippen molar-refractivity contribution in [1.82, 2.24) is 24.9 Å². The Morgan fingerprint density at radius 3 is 3.00 bits per heavy atom. The highest BCUT2D eigenvalue weighted by Crippen LogP contribution is 2.29. The topological polar surface area (TPSA) is 64.3 Å². The smallest absolute Gasteiger partial charge is 0.187 e. The highest BCUT2D eigenvalue weighted by atomic mass is 35.5. The lowest BCUT2D eigenvalue weighted by Gasteiger charge is -2.27. The van der Waals surface area contributed by atoms with Gasteiger partial charge < -0.3 is 10.1 Å². The van der Waals surface area contributed by atoms with Gasteiger partial charge in [-0.05, 0) is 31.2 Å². The number of benzene rings is 1. The predicted octanol–water partition coefficient (Wildman–Crippen LogP) is 3.68. The number of nitrogens with zero attached hydrogens (tertiary/aromatic N) is 4. The summed E-state index contributed by atoms with van der Waals surface area (Å²) >= 11 is 6.03. The first-order valence-electron chi connectivity index (χ1n) is 9.11. The van der Waals surface area contributed by atoms with Crippen LogP contribution in [0.25, 0.3) is 28.1 Å². The number of hydrogen-bond donors (Lipinski definition) is 1. The van der Waals surface area contributed by atoms with Gasteiger partial charge >= 0.3 is 0 Å². The van der Waals surface area contributed by atoms with Crippen molar-refractivity contribution >= 4 is 28.2 Å². The molecule has 0 radical (unpaired) electrons. The molecule has 1 N–H and O–H groups in total. The van der Waals surface area contributed by atoms with Crippen molar-refractivity contribution in [3.05, 3.63) is 53.7 Å². The SMILES string of the molecule is F[C@@H]1CNCC[C@@H]1Oc1cccc2ccc(-c3nnc4cc(Cl)ccn34)nc12. The van der Waals surface area contributed by atoms with Gasteiger partial charge in [-0.1, -0.05) is 29.8 Å². The van der Waals surface area contributed by atoms with E-state index in [1.165, 1.54) is 0 Å². The summed E-state index contributed by atoms with van der Waals surface area (Å²) in [5.74, 6) is 1.18. The number of rotatable bonds is 3. The number of ether oxygens (including phenoxy) is 1. The van der Waals surface area contributed by atoms with Crippen molar-refractivity contribution in [3.8, 4) is 17.3 Å². The number of piperidine rings is 1. The Morgan fingerprint density at radius 2 is 2.11 bits per heavy atom. The number of nitrogens with one attached hydrogen (secondary N) is 1. The Morgan fingerprint density at radius 1 is 1.18 bits per heavy atom. The molecule has 0 amide bonds. The third-order valence-corrected chi connectivity index (χ3v) is 5.15. The molecule has 1 aromatic carbocycles. The van der Waals surface area contributed by atoms with Crippen molar-refractivity contribution in [2.45, 2.75) is 18.7 Å². The van der Waals surface area contributed by atoms with Gasteiger partial charge in [-0.15, -0.1) is 10.2 Å². The summed E-state index contributed by atoms with van der Waals surface area (Å²) in [5.41, 5.74) is 1.97. The quantitative estimate of drug-likeness (QED) is 0.571. The van der Waals surface area contributed by atoms with Crippen LogP contribution in [0.3, 0.4) is 0 Å². The summed E-state index contributed by atoms with van der Waals surface area (Å²) < 4.78 is 22.0. The number of pyridine rings is 2. The van der Waals surface area contributed by atoms with Crippen LogP contribution in [-0.4, -0.2) is 44.9 Å². The first kappa shape index (κ1) is 17.3. The summed E-state index contributed by atoms with van der Waals surface area (Å²) in [5, 5.41) is 13.0. The van der Waals surface area contributed by atoms with Gasteiger partial charge in [0.05, 0.1) is 0 Å². The second kappa shape index (κ2) is 7.00. The summed E-state index contributed by atoms with van der Waals surface area (Å²) in [6, 6.07) is 13.0. The maximum Gasteiger partial charge on any atom is 0.187 e. The molecular weight excluding hydrogens is 381 g/mol. The van der Waals surface area contributed by atoms with Crippen molar-refractivity contribution in [1.29, 1.82) is 0 Å². The minimum atomic E-state index is -1.04. The van der Waals surface area contributed by atoms with Crippen LogP contribution in [0, 0.1) is 0 Å². The fraction of sp³-hybridized carbons (Fsp3) is 0.250. The summed E-state index contributed by atoms with van der Waals surface area (Å²) in [6.45, 7) is 1.05. The molecule has 0 aliphatic carbocycles. The van der Waals surface area contributed by atoms with Crippen molar-refractivity contribution in [2.24, 2.45) is 0 Å². The first-order valence-corrected chi connectivity index (χ1v) is 9.49. The highest BCUT2D eigenvalue weighted by molar-refractivity contribution is 6.30. The fourth-order valence-electron chi connectivity index (χ4n) is 3.47. The molecule has 5 rings (SSSR count). The van der Waals surface area contributed by atoms with E-state index in [1.54, 1.807) is 12.1 Å². The van der Waals surface area contributed by atoms with Gasteiger partial charge in [0.25, 0.3) is 0 Å². The Kier molecular flexibility index (Phi) is 4.33. The molecule has 4 aromatic rings. The molecule has 1 aliphatic heterocycles. The lowest BCUT2D eigenvalue weighted by atomic mass is 10.1. The Balaban J connectivity index is 1.58. The second-order valence-corrected chi connectivity index (χ2v) is 7.22. The molecule has 1 aliphatic rings. The van der Waals surface area contributed by atoms with Gasteiger partial charge in [-0.25, -0.2) is 9.37 Å². The van der Waals surface area contributed by atoms with Crippen LogP contribution in [0.5, 0.6) is 5.75 Å². The zero-order valence-electron chi connectivity index (χ0n) is 14.8. The zero-order chi connectivity index (χ0) is 19.1. The average molecular weight is 398 g/mol. The van der Waals surface area contributed by atoms with Crippen LogP contribution in [0.2, 0.25) is 5.02 Å². The van der Waals surface area contributed by atoms with Gasteiger partial charge in [-0.2, -0.15) is 0 Å². The van der Waals surface area contributed by atoms with E-state index in [0.717, 1.165) is 11.9 Å². The van der Waals surface area contributed by atoms with Crippen LogP contribution in [0.1, 0.15) is 6.42 Å². The average Bonchev–Trinajstić information content (AvgIpc) is 3.12. The predicted molar refractivity (Wildman–Crippen MR) is 106 cm³/mol. The van der Waals surface area contributed by atoms with Crippen LogP contribution in [0.15, 0.2) is 48.7 Å². The number of halogens is 2. The first-order chi connectivity index (χ1) is 13.7. The maximum absolute atomic E-state index is 14.2. The molecule has 4 heterocycles. The molecule has 0 unspecified atom stereocenters. The highest BCUT2D eigenvalue weighted by Gasteiger charge is 2.27. The lowest BCUT2D eigenvalue weighted by molar-refractivity contribution is 0.0742. The van der Waals surface area contributed by atoms with E-state index in [2.05, 4.69) is 15.5 Å². The van der Waals surface area contributed by atoms with Crippen LogP contribution in [0.4, 0.5) is 4.39 Å². The van der Waals surface area contributed by atoms with Gasteiger partial charge in [0.15, 0.2) is 11.5 Å². The third-order valence-electron chi connectivity index (χ3n) is 4.91. The normalized spacial score (nSPS) is 19.9. The van der Waals surface area contributed by atoms with Gasteiger partial charge in [-0.3, -0.25) is 4.40 Å². The van der Waals surface area contributed by atoms with Gasteiger partial charge in [0.1, 0.15) is 29.2 Å². The summed E-state index contributed by atoms with van der Waals surface area (Å²) in [4.78, 5) is 4.76. The van der Waals surface area contributed by atoms with Crippen LogP contribution >= 0.6 is 11.6 Å².